The van der Waals surface area contributed by atoms with Crippen molar-refractivity contribution in [3.8, 4) is 0 Å². The molecule has 0 bridgehead atoms. The van der Waals surface area contributed by atoms with Crippen LogP contribution in [0.3, 0.4) is 0 Å². The first-order chi connectivity index (χ1) is 14.8. The zero-order valence-electron chi connectivity index (χ0n) is 19.7. The summed E-state index contributed by atoms with van der Waals surface area (Å²) in [7, 11) is 3.92. The molecule has 0 spiro atoms. The van der Waals surface area contributed by atoms with E-state index >= 15 is 0 Å². The lowest BCUT2D eigenvalue weighted by Gasteiger charge is -2.41. The minimum atomic E-state index is -0.281. The van der Waals surface area contributed by atoms with Gasteiger partial charge in [0.15, 0.2) is 0 Å². The Labute approximate surface area is 208 Å². The Balaban J connectivity index is 0.00000272. The smallest absolute Gasteiger partial charge is 0.240 e. The van der Waals surface area contributed by atoms with Gasteiger partial charge in [-0.05, 0) is 61.8 Å². The average Bonchev–Trinajstić information content (AvgIpc) is 2.74. The molecular formula is C25H35Cl2F2N3O. The lowest BCUT2D eigenvalue weighted by Crippen LogP contribution is -2.54. The molecule has 8 heteroatoms. The number of halogens is 4. The molecule has 1 aliphatic heterocycles. The molecule has 1 fully saturated rings. The molecule has 0 aromatic heterocycles. The van der Waals surface area contributed by atoms with E-state index in [4.69, 9.17) is 0 Å². The van der Waals surface area contributed by atoms with Crippen LogP contribution in [0.15, 0.2) is 48.5 Å². The average molecular weight is 502 g/mol. The normalized spacial score (nSPS) is 15.4. The molecule has 33 heavy (non-hydrogen) atoms. The third-order valence-corrected chi connectivity index (χ3v) is 5.97. The zero-order valence-corrected chi connectivity index (χ0v) is 21.3. The molecule has 4 nitrogen and oxygen atoms in total. The highest BCUT2D eigenvalue weighted by Gasteiger charge is 2.32. The number of nitrogens with zero attached hydrogens (tertiary/aromatic N) is 3. The monoisotopic (exact) mass is 501 g/mol. The summed E-state index contributed by atoms with van der Waals surface area (Å²) in [5, 5.41) is 0. The minimum absolute atomic E-state index is 0. The first-order valence-corrected chi connectivity index (χ1v) is 11.0. The van der Waals surface area contributed by atoms with Crippen LogP contribution in [0.2, 0.25) is 0 Å². The Kier molecular flexibility index (Phi) is 11.7. The second-order valence-corrected chi connectivity index (χ2v) is 8.98. The summed E-state index contributed by atoms with van der Waals surface area (Å²) < 4.78 is 27.0. The van der Waals surface area contributed by atoms with Gasteiger partial charge in [0, 0.05) is 26.2 Å². The van der Waals surface area contributed by atoms with Gasteiger partial charge in [-0.2, -0.15) is 0 Å². The van der Waals surface area contributed by atoms with Gasteiger partial charge in [0.1, 0.15) is 11.6 Å². The molecule has 0 radical (unpaired) electrons. The number of carbonyl (C=O) groups excluding carboxylic acids is 1. The van der Waals surface area contributed by atoms with E-state index in [2.05, 4.69) is 18.7 Å². The summed E-state index contributed by atoms with van der Waals surface area (Å²) >= 11 is 0. The highest BCUT2D eigenvalue weighted by atomic mass is 35.5. The quantitative estimate of drug-likeness (QED) is 0.532. The fourth-order valence-corrected chi connectivity index (χ4v) is 4.29. The molecule has 2 aromatic carbocycles. The number of benzene rings is 2. The van der Waals surface area contributed by atoms with E-state index in [0.717, 1.165) is 17.5 Å². The summed E-state index contributed by atoms with van der Waals surface area (Å²) in [6.45, 7) is 6.95. The van der Waals surface area contributed by atoms with Crippen molar-refractivity contribution in [2.24, 2.45) is 5.92 Å². The number of amides is 1. The van der Waals surface area contributed by atoms with Gasteiger partial charge in [0.2, 0.25) is 5.91 Å². The van der Waals surface area contributed by atoms with Crippen LogP contribution in [0, 0.1) is 17.6 Å². The predicted octanol–water partition coefficient (Wildman–Crippen LogP) is 5.02. The van der Waals surface area contributed by atoms with Gasteiger partial charge < -0.3 is 4.90 Å². The van der Waals surface area contributed by atoms with Crippen LogP contribution < -0.4 is 0 Å². The molecule has 1 saturated heterocycles. The maximum atomic E-state index is 13.5. The Hall–Kier alpha value is -1.73. The summed E-state index contributed by atoms with van der Waals surface area (Å²) in [5.41, 5.74) is 1.91. The molecule has 2 aromatic rings. The van der Waals surface area contributed by atoms with Gasteiger partial charge in [-0.25, -0.2) is 8.78 Å². The Morgan fingerprint density at radius 3 is 1.64 bits per heavy atom. The van der Waals surface area contributed by atoms with Crippen molar-refractivity contribution in [3.63, 3.8) is 0 Å². The lowest BCUT2D eigenvalue weighted by atomic mass is 9.96. The molecule has 0 N–H and O–H groups in total. The van der Waals surface area contributed by atoms with E-state index in [1.165, 1.54) is 24.3 Å². The summed E-state index contributed by atoms with van der Waals surface area (Å²) in [6.07, 6.45) is 0.833. The third kappa shape index (κ3) is 7.64. The van der Waals surface area contributed by atoms with Crippen LogP contribution in [0.4, 0.5) is 8.78 Å². The third-order valence-electron chi connectivity index (χ3n) is 5.97. The van der Waals surface area contributed by atoms with Crippen LogP contribution in [0.25, 0.3) is 0 Å². The van der Waals surface area contributed by atoms with Crippen molar-refractivity contribution < 1.29 is 13.6 Å². The molecule has 1 amide bonds. The molecule has 3 rings (SSSR count). The van der Waals surface area contributed by atoms with Gasteiger partial charge in [-0.15, -0.1) is 24.8 Å². The van der Waals surface area contributed by atoms with Crippen LogP contribution >= 0.6 is 24.8 Å². The van der Waals surface area contributed by atoms with E-state index in [0.29, 0.717) is 32.1 Å². The first-order valence-electron chi connectivity index (χ1n) is 11.0. The number of rotatable bonds is 7. The van der Waals surface area contributed by atoms with E-state index < -0.39 is 0 Å². The highest BCUT2D eigenvalue weighted by molar-refractivity contribution is 5.85. The van der Waals surface area contributed by atoms with Crippen molar-refractivity contribution in [2.45, 2.75) is 32.4 Å². The maximum absolute atomic E-state index is 13.5. The lowest BCUT2D eigenvalue weighted by molar-refractivity contribution is -0.138. The minimum Gasteiger partial charge on any atom is -0.339 e. The van der Waals surface area contributed by atoms with E-state index in [1.54, 1.807) is 24.3 Å². The Bertz CT molecular complexity index is 809. The molecule has 0 saturated carbocycles. The first kappa shape index (κ1) is 29.3. The second-order valence-electron chi connectivity index (χ2n) is 8.98. The fourth-order valence-electron chi connectivity index (χ4n) is 4.29. The van der Waals surface area contributed by atoms with Gasteiger partial charge in [0.05, 0.1) is 12.1 Å². The number of piperazine rings is 1. The summed E-state index contributed by atoms with van der Waals surface area (Å²) in [4.78, 5) is 19.4. The van der Waals surface area contributed by atoms with Crippen molar-refractivity contribution in [1.29, 1.82) is 0 Å². The standard InChI is InChI=1S/C25H33F2N3O.2ClH/c1-18(2)17-23(28(3)4)25(31)30-15-13-29(14-16-30)24(19-5-9-21(26)10-6-19)20-7-11-22(27)12-8-20;;/h5-12,18,23-24H,13-17H2,1-4H3;2*1H/t23-;;/m0../s1. The highest BCUT2D eigenvalue weighted by Crippen LogP contribution is 2.30. The van der Waals surface area contributed by atoms with E-state index in [1.807, 2.05) is 23.9 Å². The Morgan fingerprint density at radius 2 is 1.27 bits per heavy atom. The van der Waals surface area contributed by atoms with Gasteiger partial charge in [-0.3, -0.25) is 14.6 Å². The second kappa shape index (κ2) is 13.2. The van der Waals surface area contributed by atoms with Crippen molar-refractivity contribution in [2.75, 3.05) is 40.3 Å². The molecule has 1 heterocycles. The van der Waals surface area contributed by atoms with Crippen molar-refractivity contribution >= 4 is 30.7 Å². The number of likely N-dealkylation sites (N-methyl/N-ethyl adjacent to an activating group) is 1. The van der Waals surface area contributed by atoms with Crippen LogP contribution in [-0.2, 0) is 4.79 Å². The SMILES string of the molecule is CC(C)C[C@@H](C(=O)N1CCN(C(c2ccc(F)cc2)c2ccc(F)cc2)CC1)N(C)C.Cl.Cl. The molecule has 1 atom stereocenters. The van der Waals surface area contributed by atoms with E-state index in [-0.39, 0.29) is 54.4 Å². The van der Waals surface area contributed by atoms with Crippen molar-refractivity contribution in [3.05, 3.63) is 71.3 Å². The molecule has 184 valence electrons. The number of hydrogen-bond donors (Lipinski definition) is 0. The maximum Gasteiger partial charge on any atom is 0.240 e. The topological polar surface area (TPSA) is 26.8 Å². The van der Waals surface area contributed by atoms with E-state index in [9.17, 15) is 13.6 Å². The van der Waals surface area contributed by atoms with Crippen LogP contribution in [0.5, 0.6) is 0 Å². The predicted molar refractivity (Wildman–Crippen MR) is 134 cm³/mol. The summed E-state index contributed by atoms with van der Waals surface area (Å²) in [6, 6.07) is 12.7. The molecule has 0 aliphatic carbocycles. The zero-order chi connectivity index (χ0) is 22.5. The van der Waals surface area contributed by atoms with Gasteiger partial charge >= 0.3 is 0 Å². The van der Waals surface area contributed by atoms with Crippen LogP contribution in [0.1, 0.15) is 37.4 Å². The molecule has 0 unspecified atom stereocenters. The number of carbonyl (C=O) groups is 1. The Morgan fingerprint density at radius 1 is 0.848 bits per heavy atom. The fraction of sp³-hybridized carbons (Fsp3) is 0.480. The number of hydrogen-bond acceptors (Lipinski definition) is 3. The molecule has 1 aliphatic rings. The van der Waals surface area contributed by atoms with Gasteiger partial charge in [-0.1, -0.05) is 38.1 Å². The van der Waals surface area contributed by atoms with Gasteiger partial charge in [0.25, 0.3) is 0 Å². The van der Waals surface area contributed by atoms with Crippen LogP contribution in [-0.4, -0.2) is 66.9 Å². The van der Waals surface area contributed by atoms with Crippen molar-refractivity contribution in [1.82, 2.24) is 14.7 Å². The summed E-state index contributed by atoms with van der Waals surface area (Å²) in [5.74, 6) is 0.0613. The largest absolute Gasteiger partial charge is 0.339 e. The molecular weight excluding hydrogens is 467 g/mol.